The van der Waals surface area contributed by atoms with Crippen LogP contribution in [0.2, 0.25) is 0 Å². The molecule has 100 valence electrons. The molecule has 0 fully saturated rings. The number of carbonyl (C=O) groups excluding carboxylic acids is 1. The van der Waals surface area contributed by atoms with Gasteiger partial charge in [-0.25, -0.2) is 0 Å². The Morgan fingerprint density at radius 3 is 2.72 bits per heavy atom. The third-order valence-electron chi connectivity index (χ3n) is 2.52. The number of nitrogens with one attached hydrogen (secondary N) is 1. The third kappa shape index (κ3) is 4.75. The minimum atomic E-state index is -0.791. The molecule has 4 nitrogen and oxygen atoms in total. The summed E-state index contributed by atoms with van der Waals surface area (Å²) in [7, 11) is 1.56. The molecular weight excluding hydrogens is 230 g/mol. The first-order chi connectivity index (χ1) is 8.31. The molecule has 1 aromatic carbocycles. The summed E-state index contributed by atoms with van der Waals surface area (Å²) in [6, 6.07) is 6.88. The third-order valence-corrected chi connectivity index (χ3v) is 2.52. The topological polar surface area (TPSA) is 58.6 Å². The predicted octanol–water partition coefficient (Wildman–Crippen LogP) is 1.97. The average molecular weight is 251 g/mol. The summed E-state index contributed by atoms with van der Waals surface area (Å²) < 4.78 is 5.07. The van der Waals surface area contributed by atoms with Gasteiger partial charge in [0.05, 0.1) is 12.7 Å². The van der Waals surface area contributed by atoms with Crippen LogP contribution in [0.15, 0.2) is 24.3 Å². The second kappa shape index (κ2) is 5.87. The minimum absolute atomic E-state index is 0.0938. The van der Waals surface area contributed by atoms with Crippen molar-refractivity contribution in [3.05, 3.63) is 29.8 Å². The highest BCUT2D eigenvalue weighted by Gasteiger charge is 2.19. The van der Waals surface area contributed by atoms with Gasteiger partial charge in [-0.05, 0) is 45.4 Å². The van der Waals surface area contributed by atoms with Gasteiger partial charge in [0.15, 0.2) is 0 Å². The molecule has 0 bridgehead atoms. The van der Waals surface area contributed by atoms with Crippen molar-refractivity contribution >= 4 is 5.91 Å². The molecule has 0 aliphatic rings. The van der Waals surface area contributed by atoms with Gasteiger partial charge < -0.3 is 15.2 Å². The highest BCUT2D eigenvalue weighted by atomic mass is 16.5. The van der Waals surface area contributed by atoms with Crippen LogP contribution < -0.4 is 10.1 Å². The molecule has 4 heteroatoms. The maximum Gasteiger partial charge on any atom is 0.251 e. The smallest absolute Gasteiger partial charge is 0.251 e. The van der Waals surface area contributed by atoms with Crippen molar-refractivity contribution in [1.29, 1.82) is 0 Å². The van der Waals surface area contributed by atoms with Gasteiger partial charge in [0.25, 0.3) is 5.91 Å². The molecule has 1 aromatic rings. The van der Waals surface area contributed by atoms with Crippen LogP contribution in [0.3, 0.4) is 0 Å². The Morgan fingerprint density at radius 2 is 2.17 bits per heavy atom. The van der Waals surface area contributed by atoms with E-state index < -0.39 is 5.60 Å². The molecule has 18 heavy (non-hydrogen) atoms. The van der Waals surface area contributed by atoms with Crippen LogP contribution in [0.4, 0.5) is 0 Å². The lowest BCUT2D eigenvalue weighted by Gasteiger charge is -2.23. The molecule has 0 spiro atoms. The summed E-state index contributed by atoms with van der Waals surface area (Å²) in [5.41, 5.74) is -0.238. The fourth-order valence-electron chi connectivity index (χ4n) is 1.87. The van der Waals surface area contributed by atoms with Crippen LogP contribution in [0.25, 0.3) is 0 Å². The molecule has 1 unspecified atom stereocenters. The zero-order valence-electron chi connectivity index (χ0n) is 11.4. The maximum absolute atomic E-state index is 12.0. The minimum Gasteiger partial charge on any atom is -0.497 e. The van der Waals surface area contributed by atoms with Gasteiger partial charge >= 0.3 is 0 Å². The number of methoxy groups -OCH3 is 1. The summed E-state index contributed by atoms with van der Waals surface area (Å²) in [6.45, 7) is 5.32. The molecule has 1 amide bonds. The van der Waals surface area contributed by atoms with Crippen molar-refractivity contribution in [2.24, 2.45) is 0 Å². The molecule has 0 radical (unpaired) electrons. The standard InChI is InChI=1S/C14H21NO3/c1-10(9-14(2,3)17)15-13(16)11-6-5-7-12(8-11)18-4/h5-8,10,17H,9H2,1-4H3,(H,15,16). The lowest BCUT2D eigenvalue weighted by atomic mass is 10.00. The van der Waals surface area contributed by atoms with Crippen molar-refractivity contribution in [2.45, 2.75) is 38.8 Å². The zero-order valence-corrected chi connectivity index (χ0v) is 11.4. The molecule has 0 heterocycles. The van der Waals surface area contributed by atoms with Crippen molar-refractivity contribution in [3.63, 3.8) is 0 Å². The summed E-state index contributed by atoms with van der Waals surface area (Å²) in [4.78, 5) is 12.0. The quantitative estimate of drug-likeness (QED) is 0.841. The predicted molar refractivity (Wildman–Crippen MR) is 70.8 cm³/mol. The second-order valence-corrected chi connectivity index (χ2v) is 5.12. The van der Waals surface area contributed by atoms with Crippen LogP contribution in [-0.4, -0.2) is 29.8 Å². The van der Waals surface area contributed by atoms with Crippen molar-refractivity contribution in [1.82, 2.24) is 5.32 Å². The van der Waals surface area contributed by atoms with E-state index in [9.17, 15) is 9.90 Å². The van der Waals surface area contributed by atoms with Gasteiger partial charge in [0.1, 0.15) is 5.75 Å². The number of ether oxygens (including phenoxy) is 1. The van der Waals surface area contributed by atoms with E-state index in [2.05, 4.69) is 5.32 Å². The van der Waals surface area contributed by atoms with E-state index in [1.54, 1.807) is 45.2 Å². The van der Waals surface area contributed by atoms with Crippen molar-refractivity contribution in [3.8, 4) is 5.75 Å². The normalized spacial score (nSPS) is 12.9. The number of hydrogen-bond acceptors (Lipinski definition) is 3. The van der Waals surface area contributed by atoms with Crippen LogP contribution in [0.1, 0.15) is 37.6 Å². The van der Waals surface area contributed by atoms with E-state index in [1.165, 1.54) is 0 Å². The molecule has 2 N–H and O–H groups in total. The Balaban J connectivity index is 2.64. The number of benzene rings is 1. The van der Waals surface area contributed by atoms with Crippen molar-refractivity contribution in [2.75, 3.05) is 7.11 Å². The molecule has 0 aliphatic heterocycles. The van der Waals surface area contributed by atoms with E-state index in [4.69, 9.17) is 4.74 Å². The molecule has 0 saturated heterocycles. The van der Waals surface area contributed by atoms with Gasteiger partial charge in [-0.1, -0.05) is 6.07 Å². The number of aliphatic hydroxyl groups is 1. The first-order valence-corrected chi connectivity index (χ1v) is 5.99. The first kappa shape index (κ1) is 14.5. The van der Waals surface area contributed by atoms with Crippen LogP contribution >= 0.6 is 0 Å². The Hall–Kier alpha value is -1.55. The van der Waals surface area contributed by atoms with E-state index in [-0.39, 0.29) is 11.9 Å². The first-order valence-electron chi connectivity index (χ1n) is 5.99. The van der Waals surface area contributed by atoms with Crippen LogP contribution in [0.5, 0.6) is 5.75 Å². The Kier molecular flexibility index (Phi) is 4.73. The van der Waals surface area contributed by atoms with Crippen LogP contribution in [0, 0.1) is 0 Å². The number of amides is 1. The second-order valence-electron chi connectivity index (χ2n) is 5.12. The summed E-state index contributed by atoms with van der Waals surface area (Å²) in [6.07, 6.45) is 0.503. The maximum atomic E-state index is 12.0. The highest BCUT2D eigenvalue weighted by Crippen LogP contribution is 2.14. The fraction of sp³-hybridized carbons (Fsp3) is 0.500. The molecule has 0 aliphatic carbocycles. The largest absolute Gasteiger partial charge is 0.497 e. The van der Waals surface area contributed by atoms with Gasteiger partial charge in [-0.15, -0.1) is 0 Å². The molecule has 0 aromatic heterocycles. The Morgan fingerprint density at radius 1 is 1.50 bits per heavy atom. The lowest BCUT2D eigenvalue weighted by Crippen LogP contribution is -2.38. The molecule has 1 atom stereocenters. The fourth-order valence-corrected chi connectivity index (χ4v) is 1.87. The van der Waals surface area contributed by atoms with Crippen molar-refractivity contribution < 1.29 is 14.6 Å². The Bertz CT molecular complexity index is 410. The summed E-state index contributed by atoms with van der Waals surface area (Å²) >= 11 is 0. The number of rotatable bonds is 5. The van der Waals surface area contributed by atoms with E-state index in [0.29, 0.717) is 17.7 Å². The average Bonchev–Trinajstić information content (AvgIpc) is 2.26. The number of hydrogen-bond donors (Lipinski definition) is 2. The van der Waals surface area contributed by atoms with E-state index in [1.807, 2.05) is 6.92 Å². The van der Waals surface area contributed by atoms with Gasteiger partial charge in [-0.2, -0.15) is 0 Å². The summed E-state index contributed by atoms with van der Waals surface area (Å²) in [5, 5.41) is 12.5. The van der Waals surface area contributed by atoms with Gasteiger partial charge in [0.2, 0.25) is 0 Å². The number of carbonyl (C=O) groups is 1. The molecular formula is C14H21NO3. The van der Waals surface area contributed by atoms with Gasteiger partial charge in [0, 0.05) is 11.6 Å². The highest BCUT2D eigenvalue weighted by molar-refractivity contribution is 5.94. The SMILES string of the molecule is COc1cccc(C(=O)NC(C)CC(C)(C)O)c1. The van der Waals surface area contributed by atoms with Crippen LogP contribution in [-0.2, 0) is 0 Å². The van der Waals surface area contributed by atoms with E-state index >= 15 is 0 Å². The lowest BCUT2D eigenvalue weighted by molar-refractivity contribution is 0.0593. The molecule has 1 rings (SSSR count). The van der Waals surface area contributed by atoms with Gasteiger partial charge in [-0.3, -0.25) is 4.79 Å². The zero-order chi connectivity index (χ0) is 13.8. The van der Waals surface area contributed by atoms with E-state index in [0.717, 1.165) is 0 Å². The monoisotopic (exact) mass is 251 g/mol. The molecule has 0 saturated carbocycles. The summed E-state index contributed by atoms with van der Waals surface area (Å²) in [5.74, 6) is 0.489. The Labute approximate surface area is 108 Å².